The highest BCUT2D eigenvalue weighted by molar-refractivity contribution is 6.40. The van der Waals surface area contributed by atoms with Gasteiger partial charge >= 0.3 is 0 Å². The van der Waals surface area contributed by atoms with Crippen LogP contribution in [-0.2, 0) is 20.9 Å². The Labute approximate surface area is 157 Å². The molecule has 8 heteroatoms. The summed E-state index contributed by atoms with van der Waals surface area (Å²) >= 11 is 0. The van der Waals surface area contributed by atoms with Gasteiger partial charge in [0.25, 0.3) is 5.91 Å². The van der Waals surface area contributed by atoms with E-state index in [9.17, 15) is 9.59 Å². The Morgan fingerprint density at radius 1 is 1.30 bits per heavy atom. The monoisotopic (exact) mass is 370 g/mol. The highest BCUT2D eigenvalue weighted by Crippen LogP contribution is 2.25. The minimum Gasteiger partial charge on any atom is -0.467 e. The summed E-state index contributed by atoms with van der Waals surface area (Å²) in [5.41, 5.74) is 6.53. The highest BCUT2D eigenvalue weighted by Gasteiger charge is 2.36. The Hall–Kier alpha value is -3.13. The number of benzene rings is 1. The molecule has 2 aromatic rings. The van der Waals surface area contributed by atoms with Crippen molar-refractivity contribution in [3.8, 4) is 0 Å². The number of para-hydroxylation sites is 1. The smallest absolute Gasteiger partial charge is 0.270 e. The van der Waals surface area contributed by atoms with Crippen molar-refractivity contribution >= 4 is 23.2 Å². The van der Waals surface area contributed by atoms with E-state index < -0.39 is 11.9 Å². The molecular formula is C19H22N4O4. The first-order valence-corrected chi connectivity index (χ1v) is 8.62. The van der Waals surface area contributed by atoms with Crippen molar-refractivity contribution < 1.29 is 18.7 Å². The van der Waals surface area contributed by atoms with Crippen molar-refractivity contribution in [2.45, 2.75) is 19.0 Å². The molecule has 1 aliphatic rings. The number of furan rings is 1. The molecule has 27 heavy (non-hydrogen) atoms. The molecule has 142 valence electrons. The third-order valence-corrected chi connectivity index (χ3v) is 4.29. The van der Waals surface area contributed by atoms with E-state index in [1.807, 2.05) is 30.3 Å². The number of hydrogen-bond donors (Lipinski definition) is 1. The molecule has 1 aliphatic heterocycles. The summed E-state index contributed by atoms with van der Waals surface area (Å²) in [5, 5.41) is 5.92. The van der Waals surface area contributed by atoms with Crippen LogP contribution in [0.4, 0.5) is 5.69 Å². The lowest BCUT2D eigenvalue weighted by molar-refractivity contribution is -0.125. The number of methoxy groups -OCH3 is 1. The topological polar surface area (TPSA) is 101 Å². The maximum Gasteiger partial charge on any atom is 0.270 e. The molecule has 1 aromatic carbocycles. The fraction of sp³-hybridized carbons (Fsp3) is 0.316. The van der Waals surface area contributed by atoms with Gasteiger partial charge in [-0.15, -0.1) is 0 Å². The van der Waals surface area contributed by atoms with Gasteiger partial charge in [-0.25, -0.2) is 0 Å². The fourth-order valence-electron chi connectivity index (χ4n) is 2.91. The average molecular weight is 370 g/mol. The van der Waals surface area contributed by atoms with Gasteiger partial charge in [-0.05, 0) is 24.3 Å². The zero-order valence-electron chi connectivity index (χ0n) is 15.1. The normalized spacial score (nSPS) is 16.3. The van der Waals surface area contributed by atoms with E-state index in [-0.39, 0.29) is 18.0 Å². The number of rotatable bonds is 8. The van der Waals surface area contributed by atoms with Crippen LogP contribution in [0.2, 0.25) is 0 Å². The summed E-state index contributed by atoms with van der Waals surface area (Å²) in [6, 6.07) is 12.0. The van der Waals surface area contributed by atoms with Crippen LogP contribution < -0.4 is 10.7 Å². The molecule has 0 saturated heterocycles. The van der Waals surface area contributed by atoms with Gasteiger partial charge in [-0.2, -0.15) is 5.10 Å². The van der Waals surface area contributed by atoms with E-state index in [0.29, 0.717) is 31.1 Å². The van der Waals surface area contributed by atoms with Gasteiger partial charge in [0.05, 0.1) is 25.1 Å². The van der Waals surface area contributed by atoms with Crippen molar-refractivity contribution in [2.24, 2.45) is 10.8 Å². The van der Waals surface area contributed by atoms with Gasteiger partial charge in [0.15, 0.2) is 0 Å². The number of nitrogens with zero attached hydrogens (tertiary/aromatic N) is 3. The first kappa shape index (κ1) is 18.7. The van der Waals surface area contributed by atoms with Crippen LogP contribution in [0.25, 0.3) is 0 Å². The second-order valence-electron chi connectivity index (χ2n) is 6.15. The second kappa shape index (κ2) is 8.50. The lowest BCUT2D eigenvalue weighted by atomic mass is 10.1. The van der Waals surface area contributed by atoms with E-state index in [1.165, 1.54) is 5.01 Å². The molecule has 0 radical (unpaired) electrons. The summed E-state index contributed by atoms with van der Waals surface area (Å²) in [6.45, 7) is 1.05. The number of hydrazone groups is 1. The quantitative estimate of drug-likeness (QED) is 0.756. The predicted octanol–water partition coefficient (Wildman–Crippen LogP) is 1.37. The molecule has 0 saturated carbocycles. The van der Waals surface area contributed by atoms with Gasteiger partial charge in [-0.1, -0.05) is 18.2 Å². The molecular weight excluding hydrogens is 348 g/mol. The van der Waals surface area contributed by atoms with Gasteiger partial charge in [0.1, 0.15) is 17.5 Å². The molecule has 8 nitrogen and oxygen atoms in total. The first-order valence-electron chi connectivity index (χ1n) is 8.62. The number of ether oxygens (including phenoxy) is 1. The van der Waals surface area contributed by atoms with E-state index in [4.69, 9.17) is 14.9 Å². The van der Waals surface area contributed by atoms with E-state index in [0.717, 1.165) is 0 Å². The van der Waals surface area contributed by atoms with Crippen LogP contribution in [-0.4, -0.2) is 48.7 Å². The van der Waals surface area contributed by atoms with Crippen LogP contribution in [0, 0.1) is 0 Å². The Kier molecular flexibility index (Phi) is 5.87. The van der Waals surface area contributed by atoms with E-state index in [2.05, 4.69) is 5.10 Å². The molecule has 0 bridgehead atoms. The van der Waals surface area contributed by atoms with Crippen molar-refractivity contribution in [3.63, 3.8) is 0 Å². The summed E-state index contributed by atoms with van der Waals surface area (Å²) in [6.07, 6.45) is 1.71. The predicted molar refractivity (Wildman–Crippen MR) is 100.0 cm³/mol. The lowest BCUT2D eigenvalue weighted by Gasteiger charge is -2.21. The fourth-order valence-corrected chi connectivity index (χ4v) is 2.91. The third kappa shape index (κ3) is 4.35. The largest absolute Gasteiger partial charge is 0.467 e. The van der Waals surface area contributed by atoms with Crippen LogP contribution in [0.15, 0.2) is 58.2 Å². The summed E-state index contributed by atoms with van der Waals surface area (Å²) < 4.78 is 10.5. The minimum atomic E-state index is -0.695. The van der Waals surface area contributed by atoms with Crippen molar-refractivity contribution in [3.05, 3.63) is 54.5 Å². The minimum absolute atomic E-state index is 0.157. The molecule has 2 heterocycles. The second-order valence-corrected chi connectivity index (χ2v) is 6.15. The van der Waals surface area contributed by atoms with Crippen LogP contribution in [0.1, 0.15) is 12.2 Å². The van der Waals surface area contributed by atoms with Crippen LogP contribution in [0.5, 0.6) is 0 Å². The van der Waals surface area contributed by atoms with Crippen molar-refractivity contribution in [1.29, 1.82) is 0 Å². The van der Waals surface area contributed by atoms with Gasteiger partial charge < -0.3 is 19.8 Å². The molecule has 0 spiro atoms. The Morgan fingerprint density at radius 3 is 2.70 bits per heavy atom. The number of amides is 2. The molecule has 0 fully saturated rings. The molecule has 2 N–H and O–H groups in total. The number of anilines is 1. The van der Waals surface area contributed by atoms with Gasteiger partial charge in [-0.3, -0.25) is 14.6 Å². The molecule has 1 unspecified atom stereocenters. The van der Waals surface area contributed by atoms with E-state index >= 15 is 0 Å². The first-order chi connectivity index (χ1) is 13.1. The SMILES string of the molecule is COCCN(Cc1ccco1)C(=O)C1=NN(c2ccccc2)C(C(N)=O)C1. The number of hydrogen-bond acceptors (Lipinski definition) is 6. The van der Waals surface area contributed by atoms with Crippen molar-refractivity contribution in [1.82, 2.24) is 4.90 Å². The summed E-state index contributed by atoms with van der Waals surface area (Å²) in [7, 11) is 1.57. The number of carbonyl (C=O) groups is 2. The maximum absolute atomic E-state index is 13.0. The third-order valence-electron chi connectivity index (χ3n) is 4.29. The average Bonchev–Trinajstić information content (AvgIpc) is 3.35. The standard InChI is InChI=1S/C19H22N4O4/c1-26-11-9-22(13-15-8-5-10-27-15)19(25)16-12-17(18(20)24)23(21-16)14-6-3-2-4-7-14/h2-8,10,17H,9,11-13H2,1H3,(H2,20,24). The molecule has 0 aliphatic carbocycles. The Balaban J connectivity index is 1.83. The van der Waals surface area contributed by atoms with Crippen LogP contribution >= 0.6 is 0 Å². The number of nitrogens with two attached hydrogens (primary N) is 1. The number of carbonyl (C=O) groups excluding carboxylic acids is 2. The molecule has 1 aromatic heterocycles. The number of primary amides is 1. The summed E-state index contributed by atoms with van der Waals surface area (Å²) in [4.78, 5) is 26.5. The molecule has 1 atom stereocenters. The van der Waals surface area contributed by atoms with Gasteiger partial charge in [0, 0.05) is 20.1 Å². The Bertz CT molecular complexity index is 804. The lowest BCUT2D eigenvalue weighted by Crippen LogP contribution is -2.41. The van der Waals surface area contributed by atoms with Crippen molar-refractivity contribution in [2.75, 3.05) is 25.3 Å². The summed E-state index contributed by atoms with van der Waals surface area (Å²) in [5.74, 6) is -0.141. The maximum atomic E-state index is 13.0. The highest BCUT2D eigenvalue weighted by atomic mass is 16.5. The van der Waals surface area contributed by atoms with E-state index in [1.54, 1.807) is 30.4 Å². The molecule has 3 rings (SSSR count). The zero-order valence-corrected chi connectivity index (χ0v) is 15.1. The zero-order chi connectivity index (χ0) is 19.2. The van der Waals surface area contributed by atoms with Gasteiger partial charge in [0.2, 0.25) is 5.91 Å². The molecule has 2 amide bonds. The van der Waals surface area contributed by atoms with Crippen LogP contribution in [0.3, 0.4) is 0 Å². The Morgan fingerprint density at radius 2 is 2.07 bits per heavy atom.